The van der Waals surface area contributed by atoms with Crippen LogP contribution in [-0.2, 0) is 12.2 Å². The molecule has 2 aromatic rings. The van der Waals surface area contributed by atoms with E-state index in [2.05, 4.69) is 17.3 Å². The van der Waals surface area contributed by atoms with Gasteiger partial charge in [0.25, 0.3) is 0 Å². The summed E-state index contributed by atoms with van der Waals surface area (Å²) in [6.45, 7) is 3.96. The summed E-state index contributed by atoms with van der Waals surface area (Å²) in [6, 6.07) is 5.56. The number of thiazole rings is 1. The van der Waals surface area contributed by atoms with Gasteiger partial charge in [0.2, 0.25) is 0 Å². The van der Waals surface area contributed by atoms with E-state index in [1.165, 1.54) is 5.01 Å². The van der Waals surface area contributed by atoms with Crippen LogP contribution in [0.5, 0.6) is 0 Å². The molecule has 1 aromatic carbocycles. The number of carboxylic acid groups (broad SMARTS) is 1. The van der Waals surface area contributed by atoms with E-state index in [0.29, 0.717) is 5.56 Å². The molecule has 0 unspecified atom stereocenters. The predicted octanol–water partition coefficient (Wildman–Crippen LogP) is 4.39. The molecule has 1 aromatic heterocycles. The fourth-order valence-corrected chi connectivity index (χ4v) is 3.66. The van der Waals surface area contributed by atoms with Crippen molar-refractivity contribution < 1.29 is 9.90 Å². The van der Waals surface area contributed by atoms with E-state index in [1.54, 1.807) is 29.2 Å². The number of thioether (sulfide) groups is 1. The van der Waals surface area contributed by atoms with Gasteiger partial charge in [0.05, 0.1) is 16.3 Å². The quantitative estimate of drug-likeness (QED) is 0.804. The Hall–Kier alpha value is -1.33. The van der Waals surface area contributed by atoms with Crippen molar-refractivity contribution in [3.63, 3.8) is 0 Å². The first kappa shape index (κ1) is 15.1. The van der Waals surface area contributed by atoms with Crippen molar-refractivity contribution >= 4 is 29.1 Å². The highest BCUT2D eigenvalue weighted by atomic mass is 32.2. The van der Waals surface area contributed by atoms with E-state index in [4.69, 9.17) is 5.11 Å². The smallest absolute Gasteiger partial charge is 0.335 e. The SMILES string of the molecule is CCCc1nc(CSc2ccc(C)c(C(=O)O)c2)cs1. The molecular formula is C15H17NO2S2. The Morgan fingerprint density at radius 3 is 2.95 bits per heavy atom. The molecule has 5 heteroatoms. The van der Waals surface area contributed by atoms with Gasteiger partial charge in [-0.1, -0.05) is 13.0 Å². The number of carbonyl (C=O) groups is 1. The summed E-state index contributed by atoms with van der Waals surface area (Å²) in [6.07, 6.45) is 2.14. The lowest BCUT2D eigenvalue weighted by Crippen LogP contribution is -1.99. The highest BCUT2D eigenvalue weighted by Crippen LogP contribution is 2.26. The molecule has 0 aliphatic heterocycles. The Morgan fingerprint density at radius 1 is 1.45 bits per heavy atom. The van der Waals surface area contributed by atoms with Crippen LogP contribution in [0, 0.1) is 6.92 Å². The molecule has 0 aliphatic rings. The maximum Gasteiger partial charge on any atom is 0.335 e. The van der Waals surface area contributed by atoms with E-state index < -0.39 is 5.97 Å². The van der Waals surface area contributed by atoms with Crippen LogP contribution in [0.25, 0.3) is 0 Å². The van der Waals surface area contributed by atoms with E-state index in [0.717, 1.165) is 34.7 Å². The van der Waals surface area contributed by atoms with Crippen LogP contribution in [0.3, 0.4) is 0 Å². The molecule has 0 spiro atoms. The van der Waals surface area contributed by atoms with Crippen LogP contribution >= 0.6 is 23.1 Å². The largest absolute Gasteiger partial charge is 0.478 e. The van der Waals surface area contributed by atoms with Crippen molar-refractivity contribution in [1.82, 2.24) is 4.98 Å². The lowest BCUT2D eigenvalue weighted by molar-refractivity contribution is 0.0696. The van der Waals surface area contributed by atoms with E-state index in [-0.39, 0.29) is 0 Å². The molecule has 0 amide bonds. The summed E-state index contributed by atoms with van der Waals surface area (Å²) >= 11 is 3.33. The van der Waals surface area contributed by atoms with Gasteiger partial charge in [0, 0.05) is 16.0 Å². The van der Waals surface area contributed by atoms with Crippen molar-refractivity contribution in [3.05, 3.63) is 45.4 Å². The minimum Gasteiger partial charge on any atom is -0.478 e. The molecule has 2 rings (SSSR count). The average molecular weight is 307 g/mol. The maximum atomic E-state index is 11.1. The monoisotopic (exact) mass is 307 g/mol. The highest BCUT2D eigenvalue weighted by Gasteiger charge is 2.09. The molecule has 0 atom stereocenters. The van der Waals surface area contributed by atoms with Gasteiger partial charge >= 0.3 is 5.97 Å². The number of aromatic nitrogens is 1. The van der Waals surface area contributed by atoms with E-state index >= 15 is 0 Å². The zero-order chi connectivity index (χ0) is 14.5. The summed E-state index contributed by atoms with van der Waals surface area (Å²) in [4.78, 5) is 16.6. The second-order valence-electron chi connectivity index (χ2n) is 4.55. The molecular weight excluding hydrogens is 290 g/mol. The van der Waals surface area contributed by atoms with Crippen molar-refractivity contribution in [3.8, 4) is 0 Å². The molecule has 0 saturated carbocycles. The van der Waals surface area contributed by atoms with Crippen LogP contribution in [-0.4, -0.2) is 16.1 Å². The fraction of sp³-hybridized carbons (Fsp3) is 0.333. The van der Waals surface area contributed by atoms with Crippen LogP contribution in [0.4, 0.5) is 0 Å². The minimum absolute atomic E-state index is 0.375. The number of hydrogen-bond donors (Lipinski definition) is 1. The number of hydrogen-bond acceptors (Lipinski definition) is 4. The normalized spacial score (nSPS) is 10.7. The molecule has 0 bridgehead atoms. The summed E-state index contributed by atoms with van der Waals surface area (Å²) in [7, 11) is 0. The van der Waals surface area contributed by atoms with Gasteiger partial charge in [-0.15, -0.1) is 23.1 Å². The maximum absolute atomic E-state index is 11.1. The predicted molar refractivity (Wildman–Crippen MR) is 83.8 cm³/mol. The molecule has 20 heavy (non-hydrogen) atoms. The van der Waals surface area contributed by atoms with Gasteiger partial charge < -0.3 is 5.11 Å². The molecule has 106 valence electrons. The minimum atomic E-state index is -0.871. The first-order valence-electron chi connectivity index (χ1n) is 6.50. The fourth-order valence-electron chi connectivity index (χ4n) is 1.82. The Balaban J connectivity index is 2.03. The summed E-state index contributed by atoms with van der Waals surface area (Å²) in [5, 5.41) is 12.4. The second-order valence-corrected chi connectivity index (χ2v) is 6.54. The Bertz CT molecular complexity index is 608. The van der Waals surface area contributed by atoms with Crippen molar-refractivity contribution in [2.24, 2.45) is 0 Å². The molecule has 1 heterocycles. The second kappa shape index (κ2) is 6.90. The molecule has 3 nitrogen and oxygen atoms in total. The van der Waals surface area contributed by atoms with E-state index in [1.807, 2.05) is 19.1 Å². The van der Waals surface area contributed by atoms with Crippen molar-refractivity contribution in [2.75, 3.05) is 0 Å². The topological polar surface area (TPSA) is 50.2 Å². The van der Waals surface area contributed by atoms with Gasteiger partial charge in [-0.3, -0.25) is 0 Å². The lowest BCUT2D eigenvalue weighted by atomic mass is 10.1. The Morgan fingerprint density at radius 2 is 2.25 bits per heavy atom. The summed E-state index contributed by atoms with van der Waals surface area (Å²) in [5.74, 6) is -0.0914. The van der Waals surface area contributed by atoms with Gasteiger partial charge in [-0.25, -0.2) is 9.78 Å². The highest BCUT2D eigenvalue weighted by molar-refractivity contribution is 7.98. The lowest BCUT2D eigenvalue weighted by Gasteiger charge is -2.04. The van der Waals surface area contributed by atoms with Crippen LogP contribution in [0.15, 0.2) is 28.5 Å². The number of carboxylic acids is 1. The summed E-state index contributed by atoms with van der Waals surface area (Å²) in [5.41, 5.74) is 2.24. The number of rotatable bonds is 6. The van der Waals surface area contributed by atoms with Crippen LogP contribution in [0.1, 0.15) is 40.0 Å². The first-order chi connectivity index (χ1) is 9.60. The third-order valence-electron chi connectivity index (χ3n) is 2.89. The molecule has 0 aliphatic carbocycles. The summed E-state index contributed by atoms with van der Waals surface area (Å²) < 4.78 is 0. The zero-order valence-corrected chi connectivity index (χ0v) is 13.2. The zero-order valence-electron chi connectivity index (χ0n) is 11.5. The van der Waals surface area contributed by atoms with Crippen LogP contribution < -0.4 is 0 Å². The first-order valence-corrected chi connectivity index (χ1v) is 8.36. The number of benzene rings is 1. The molecule has 0 radical (unpaired) electrons. The van der Waals surface area contributed by atoms with Crippen LogP contribution in [0.2, 0.25) is 0 Å². The van der Waals surface area contributed by atoms with Gasteiger partial charge in [0.15, 0.2) is 0 Å². The van der Waals surface area contributed by atoms with Gasteiger partial charge in [0.1, 0.15) is 0 Å². The van der Waals surface area contributed by atoms with Crippen molar-refractivity contribution in [2.45, 2.75) is 37.3 Å². The number of nitrogens with zero attached hydrogens (tertiary/aromatic N) is 1. The third-order valence-corrected chi connectivity index (χ3v) is 4.87. The molecule has 1 N–H and O–H groups in total. The van der Waals surface area contributed by atoms with E-state index in [9.17, 15) is 4.79 Å². The Labute approximate surface area is 127 Å². The van der Waals surface area contributed by atoms with Gasteiger partial charge in [-0.2, -0.15) is 0 Å². The Kier molecular flexibility index (Phi) is 5.20. The molecule has 0 fully saturated rings. The third kappa shape index (κ3) is 3.84. The molecule has 0 saturated heterocycles. The number of aryl methyl sites for hydroxylation is 2. The number of aromatic carboxylic acids is 1. The van der Waals surface area contributed by atoms with Gasteiger partial charge in [-0.05, 0) is 37.5 Å². The van der Waals surface area contributed by atoms with Crippen molar-refractivity contribution in [1.29, 1.82) is 0 Å². The standard InChI is InChI=1S/C15H17NO2S2/c1-3-4-14-16-11(9-20-14)8-19-12-6-5-10(2)13(7-12)15(17)18/h5-7,9H,3-4,8H2,1-2H3,(H,17,18). The average Bonchev–Trinajstić information content (AvgIpc) is 2.86.